The van der Waals surface area contributed by atoms with Crippen molar-refractivity contribution in [3.63, 3.8) is 0 Å². The van der Waals surface area contributed by atoms with Crippen molar-refractivity contribution in [2.24, 2.45) is 0 Å². The molecule has 7 nitrogen and oxygen atoms in total. The van der Waals surface area contributed by atoms with Gasteiger partial charge >= 0.3 is 0 Å². The summed E-state index contributed by atoms with van der Waals surface area (Å²) in [4.78, 5) is 22.5. The van der Waals surface area contributed by atoms with Crippen molar-refractivity contribution >= 4 is 27.9 Å². The second-order valence-electron chi connectivity index (χ2n) is 6.37. The fourth-order valence-electron chi connectivity index (χ4n) is 3.14. The summed E-state index contributed by atoms with van der Waals surface area (Å²) in [6.45, 7) is 2.50. The molecule has 0 saturated heterocycles. The van der Waals surface area contributed by atoms with E-state index in [1.165, 1.54) is 12.8 Å². The van der Waals surface area contributed by atoms with E-state index in [1.54, 1.807) is 6.33 Å². The zero-order valence-corrected chi connectivity index (χ0v) is 13.8. The summed E-state index contributed by atoms with van der Waals surface area (Å²) in [6, 6.07) is 8.59. The van der Waals surface area contributed by atoms with Crippen LogP contribution in [0.1, 0.15) is 30.4 Å². The molecule has 0 radical (unpaired) electrons. The summed E-state index contributed by atoms with van der Waals surface area (Å²) in [5.74, 6) is 1.46. The van der Waals surface area contributed by atoms with Crippen molar-refractivity contribution in [3.8, 4) is 0 Å². The van der Waals surface area contributed by atoms with Crippen LogP contribution in [0.2, 0.25) is 0 Å². The molecule has 1 aromatic carbocycles. The summed E-state index contributed by atoms with van der Waals surface area (Å²) >= 11 is 0. The van der Waals surface area contributed by atoms with Crippen LogP contribution in [0, 0.1) is 6.92 Å². The molecular formula is C18H17N7. The van der Waals surface area contributed by atoms with Crippen molar-refractivity contribution in [1.29, 1.82) is 0 Å². The normalized spacial score (nSPS) is 14.3. The van der Waals surface area contributed by atoms with Gasteiger partial charge in [-0.1, -0.05) is 18.2 Å². The molecule has 1 fully saturated rings. The Morgan fingerprint density at radius 2 is 2.00 bits per heavy atom. The SMILES string of the molecule is Cc1nc(CNc2ncnc3c2ncn3C2CC2)nc2ccccc12. The smallest absolute Gasteiger partial charge is 0.165 e. The van der Waals surface area contributed by atoms with E-state index in [1.807, 2.05) is 37.5 Å². The van der Waals surface area contributed by atoms with Crippen molar-refractivity contribution in [3.05, 3.63) is 48.4 Å². The third-order valence-electron chi connectivity index (χ3n) is 4.55. The van der Waals surface area contributed by atoms with Crippen molar-refractivity contribution < 1.29 is 0 Å². The van der Waals surface area contributed by atoms with E-state index in [2.05, 4.69) is 34.8 Å². The standard InChI is InChI=1S/C18H17N7/c1-11-13-4-2-3-5-14(13)24-15(23-11)8-19-17-16-18(21-9-20-17)25(10-22-16)12-6-7-12/h2-5,9-10,12H,6-8H2,1H3,(H,19,20,21). The number of hydrogen-bond acceptors (Lipinski definition) is 6. The van der Waals surface area contributed by atoms with Gasteiger partial charge in [0.25, 0.3) is 0 Å². The Hall–Kier alpha value is -3.09. The molecule has 0 amide bonds. The molecule has 4 aromatic rings. The summed E-state index contributed by atoms with van der Waals surface area (Å²) in [6.07, 6.45) is 5.83. The van der Waals surface area contributed by atoms with Gasteiger partial charge < -0.3 is 9.88 Å². The van der Waals surface area contributed by atoms with Crippen LogP contribution < -0.4 is 5.32 Å². The quantitative estimate of drug-likeness (QED) is 0.619. The minimum Gasteiger partial charge on any atom is -0.361 e. The van der Waals surface area contributed by atoms with E-state index in [9.17, 15) is 0 Å². The summed E-state index contributed by atoms with van der Waals surface area (Å²) < 4.78 is 2.14. The van der Waals surface area contributed by atoms with E-state index < -0.39 is 0 Å². The molecule has 25 heavy (non-hydrogen) atoms. The summed E-state index contributed by atoms with van der Waals surface area (Å²) in [7, 11) is 0. The average molecular weight is 331 g/mol. The van der Waals surface area contributed by atoms with Crippen LogP contribution in [-0.4, -0.2) is 29.5 Å². The average Bonchev–Trinajstić information content (AvgIpc) is 3.39. The van der Waals surface area contributed by atoms with Crippen LogP contribution in [0.3, 0.4) is 0 Å². The van der Waals surface area contributed by atoms with Crippen LogP contribution >= 0.6 is 0 Å². The third kappa shape index (κ3) is 2.48. The molecule has 1 aliphatic carbocycles. The second-order valence-corrected chi connectivity index (χ2v) is 6.37. The Morgan fingerprint density at radius 3 is 2.88 bits per heavy atom. The second kappa shape index (κ2) is 5.47. The van der Waals surface area contributed by atoms with Crippen molar-refractivity contribution in [2.75, 3.05) is 5.32 Å². The first kappa shape index (κ1) is 14.3. The lowest BCUT2D eigenvalue weighted by Gasteiger charge is -2.08. The van der Waals surface area contributed by atoms with Crippen LogP contribution in [0.15, 0.2) is 36.9 Å². The summed E-state index contributed by atoms with van der Waals surface area (Å²) in [5, 5.41) is 4.40. The molecular weight excluding hydrogens is 314 g/mol. The molecule has 0 atom stereocenters. The lowest BCUT2D eigenvalue weighted by Crippen LogP contribution is -2.07. The maximum absolute atomic E-state index is 4.63. The Morgan fingerprint density at radius 1 is 1.12 bits per heavy atom. The number of aromatic nitrogens is 6. The molecule has 7 heteroatoms. The molecule has 3 aromatic heterocycles. The number of aryl methyl sites for hydroxylation is 1. The highest BCUT2D eigenvalue weighted by Gasteiger charge is 2.26. The molecule has 0 aliphatic heterocycles. The molecule has 1 saturated carbocycles. The van der Waals surface area contributed by atoms with Crippen LogP contribution in [0.25, 0.3) is 22.1 Å². The molecule has 0 unspecified atom stereocenters. The molecule has 124 valence electrons. The van der Waals surface area contributed by atoms with E-state index in [-0.39, 0.29) is 0 Å². The zero-order chi connectivity index (χ0) is 16.8. The highest BCUT2D eigenvalue weighted by atomic mass is 15.2. The molecule has 5 rings (SSSR count). The Bertz CT molecular complexity index is 1080. The van der Waals surface area contributed by atoms with Crippen molar-refractivity contribution in [2.45, 2.75) is 32.4 Å². The summed E-state index contributed by atoms with van der Waals surface area (Å²) in [5.41, 5.74) is 3.62. The largest absolute Gasteiger partial charge is 0.361 e. The number of hydrogen-bond donors (Lipinski definition) is 1. The van der Waals surface area contributed by atoms with E-state index in [4.69, 9.17) is 0 Å². The predicted octanol–water partition coefficient (Wildman–Crippen LogP) is 3.02. The monoisotopic (exact) mass is 331 g/mol. The van der Waals surface area contributed by atoms with E-state index in [0.29, 0.717) is 12.6 Å². The molecule has 3 heterocycles. The van der Waals surface area contributed by atoms with Gasteiger partial charge in [-0.25, -0.2) is 24.9 Å². The number of rotatable bonds is 4. The number of nitrogens with one attached hydrogen (secondary N) is 1. The van der Waals surface area contributed by atoms with Gasteiger partial charge in [0, 0.05) is 17.1 Å². The van der Waals surface area contributed by atoms with Gasteiger partial charge in [0.2, 0.25) is 0 Å². The predicted molar refractivity (Wildman–Crippen MR) is 95.2 cm³/mol. The molecule has 0 spiro atoms. The first-order chi connectivity index (χ1) is 12.3. The number of anilines is 1. The first-order valence-electron chi connectivity index (χ1n) is 8.43. The van der Waals surface area contributed by atoms with Gasteiger partial charge in [0.05, 0.1) is 18.4 Å². The molecule has 1 N–H and O–H groups in total. The van der Waals surface area contributed by atoms with Crippen LogP contribution in [0.5, 0.6) is 0 Å². The number of imidazole rings is 1. The van der Waals surface area contributed by atoms with Gasteiger partial charge in [-0.3, -0.25) is 0 Å². The van der Waals surface area contributed by atoms with E-state index in [0.717, 1.165) is 39.4 Å². The third-order valence-corrected chi connectivity index (χ3v) is 4.55. The fourth-order valence-corrected chi connectivity index (χ4v) is 3.14. The molecule has 0 bridgehead atoms. The van der Waals surface area contributed by atoms with Crippen LogP contribution in [-0.2, 0) is 6.54 Å². The van der Waals surface area contributed by atoms with Crippen molar-refractivity contribution in [1.82, 2.24) is 29.5 Å². The van der Waals surface area contributed by atoms with E-state index >= 15 is 0 Å². The van der Waals surface area contributed by atoms with Gasteiger partial charge in [0.15, 0.2) is 11.5 Å². The number of fused-ring (bicyclic) bond motifs is 2. The Balaban J connectivity index is 1.45. The maximum atomic E-state index is 4.63. The lowest BCUT2D eigenvalue weighted by atomic mass is 10.2. The van der Waals surface area contributed by atoms with Crippen LogP contribution in [0.4, 0.5) is 5.82 Å². The number of benzene rings is 1. The van der Waals surface area contributed by atoms with Gasteiger partial charge in [-0.15, -0.1) is 0 Å². The lowest BCUT2D eigenvalue weighted by molar-refractivity contribution is 0.756. The highest BCUT2D eigenvalue weighted by Crippen LogP contribution is 2.37. The Kier molecular flexibility index (Phi) is 3.12. The van der Waals surface area contributed by atoms with Gasteiger partial charge in [-0.2, -0.15) is 0 Å². The first-order valence-corrected chi connectivity index (χ1v) is 8.43. The molecule has 1 aliphatic rings. The maximum Gasteiger partial charge on any atom is 0.165 e. The Labute approximate surface area is 144 Å². The topological polar surface area (TPSA) is 81.4 Å². The highest BCUT2D eigenvalue weighted by molar-refractivity contribution is 5.83. The number of para-hydroxylation sites is 1. The number of nitrogens with zero attached hydrogens (tertiary/aromatic N) is 6. The minimum atomic E-state index is 0.494. The minimum absolute atomic E-state index is 0.494. The fraction of sp³-hybridized carbons (Fsp3) is 0.278. The van der Waals surface area contributed by atoms with Gasteiger partial charge in [0.1, 0.15) is 17.7 Å². The zero-order valence-electron chi connectivity index (χ0n) is 13.8. The van der Waals surface area contributed by atoms with Gasteiger partial charge in [-0.05, 0) is 25.8 Å².